The van der Waals surface area contributed by atoms with E-state index in [2.05, 4.69) is 4.99 Å². The fourth-order valence-corrected chi connectivity index (χ4v) is 4.64. The number of nitrogen functional groups attached to an aromatic ring is 1. The molecule has 0 saturated carbocycles. The normalized spacial score (nSPS) is 21.9. The van der Waals surface area contributed by atoms with Gasteiger partial charge in [0.15, 0.2) is 11.5 Å². The lowest BCUT2D eigenvalue weighted by Gasteiger charge is -2.37. The summed E-state index contributed by atoms with van der Waals surface area (Å²) in [5, 5.41) is 0. The number of hydrogen-bond acceptors (Lipinski definition) is 6. The number of carbonyl (C=O) groups excluding carboxylic acids is 1. The third-order valence-corrected chi connectivity index (χ3v) is 6.24. The number of hydrogen-bond donors (Lipinski definition) is 2. The van der Waals surface area contributed by atoms with Gasteiger partial charge >= 0.3 is 0 Å². The molecule has 5 rings (SSSR count). The second-order valence-corrected chi connectivity index (χ2v) is 8.40. The fraction of sp³-hybridized carbons (Fsp3) is 0.192. The predicted octanol–water partition coefficient (Wildman–Crippen LogP) is 3.49. The van der Waals surface area contributed by atoms with Gasteiger partial charge in [0.25, 0.3) is 5.91 Å². The van der Waals surface area contributed by atoms with E-state index >= 15 is 0 Å². The van der Waals surface area contributed by atoms with Crippen molar-refractivity contribution >= 4 is 23.8 Å². The van der Waals surface area contributed by atoms with Crippen LogP contribution in [0.1, 0.15) is 29.2 Å². The number of amides is 1. The van der Waals surface area contributed by atoms with Crippen LogP contribution >= 0.6 is 0 Å². The fourth-order valence-electron chi connectivity index (χ4n) is 4.64. The van der Waals surface area contributed by atoms with Crippen molar-refractivity contribution in [1.29, 1.82) is 0 Å². The van der Waals surface area contributed by atoms with Crippen molar-refractivity contribution in [3.63, 3.8) is 0 Å². The molecule has 7 nitrogen and oxygen atoms in total. The highest BCUT2D eigenvalue weighted by Crippen LogP contribution is 2.50. The van der Waals surface area contributed by atoms with Crippen LogP contribution in [-0.2, 0) is 10.3 Å². The Bertz CT molecular complexity index is 1300. The van der Waals surface area contributed by atoms with Gasteiger partial charge in [-0.2, -0.15) is 0 Å². The summed E-state index contributed by atoms with van der Waals surface area (Å²) < 4.78 is 6.37. The summed E-state index contributed by atoms with van der Waals surface area (Å²) in [6.45, 7) is 0. The molecule has 0 radical (unpaired) electrons. The molecule has 166 valence electrons. The molecule has 7 heteroatoms. The van der Waals surface area contributed by atoms with E-state index in [-0.39, 0.29) is 18.0 Å². The first-order chi connectivity index (χ1) is 15.9. The van der Waals surface area contributed by atoms with Crippen molar-refractivity contribution in [3.8, 4) is 16.9 Å². The zero-order valence-corrected chi connectivity index (χ0v) is 18.5. The van der Waals surface area contributed by atoms with Gasteiger partial charge in [0.05, 0.1) is 0 Å². The Kier molecular flexibility index (Phi) is 4.89. The zero-order chi connectivity index (χ0) is 23.2. The Balaban J connectivity index is 1.67. The van der Waals surface area contributed by atoms with Crippen LogP contribution in [0.25, 0.3) is 11.1 Å². The number of ether oxygens (including phenoxy) is 1. The number of benzene rings is 3. The van der Waals surface area contributed by atoms with E-state index in [9.17, 15) is 4.79 Å². The van der Waals surface area contributed by atoms with Gasteiger partial charge in [0.1, 0.15) is 11.9 Å². The van der Waals surface area contributed by atoms with Crippen LogP contribution in [0.4, 0.5) is 5.69 Å². The Morgan fingerprint density at radius 3 is 2.58 bits per heavy atom. The molecule has 3 aromatic carbocycles. The quantitative estimate of drug-likeness (QED) is 0.481. The molecule has 2 unspecified atom stereocenters. The van der Waals surface area contributed by atoms with Crippen molar-refractivity contribution in [1.82, 2.24) is 4.90 Å². The first kappa shape index (κ1) is 20.8. The number of aliphatic imine (C=N–C) groups is 2. The molecular weight excluding hydrogens is 414 g/mol. The maximum absolute atomic E-state index is 13.5. The number of likely N-dealkylation sites (N-methyl/N-ethyl adjacent to an activating group) is 1. The molecule has 4 N–H and O–H groups in total. The van der Waals surface area contributed by atoms with Gasteiger partial charge in [-0.3, -0.25) is 14.7 Å². The highest BCUT2D eigenvalue weighted by molar-refractivity contribution is 6.07. The molecule has 2 atom stereocenters. The standard InChI is InChI=1S/C26H25N5O2/c1-29-15-16-10-19(12-20(27)11-16)18-8-9-22-21(13-18)26(24(32)31(2)25(28)30-26)14-23(33-22)17-6-4-3-5-7-17/h3-13,15,23H,14,27H2,1-2H3,(H2,28,30). The van der Waals surface area contributed by atoms with Crippen LogP contribution in [0.3, 0.4) is 0 Å². The van der Waals surface area contributed by atoms with Gasteiger partial charge in [-0.25, -0.2) is 4.99 Å². The van der Waals surface area contributed by atoms with E-state index in [1.54, 1.807) is 20.3 Å². The molecule has 0 saturated heterocycles. The van der Waals surface area contributed by atoms with Gasteiger partial charge in [-0.05, 0) is 52.6 Å². The van der Waals surface area contributed by atoms with Crippen molar-refractivity contribution in [2.75, 3.05) is 19.8 Å². The lowest BCUT2D eigenvalue weighted by Crippen LogP contribution is -2.43. The maximum atomic E-state index is 13.5. The highest BCUT2D eigenvalue weighted by Gasteiger charge is 2.53. The molecule has 1 amide bonds. The number of nitrogens with zero attached hydrogens (tertiary/aromatic N) is 3. The minimum absolute atomic E-state index is 0.158. The molecule has 0 fully saturated rings. The van der Waals surface area contributed by atoms with Gasteiger partial charge in [0, 0.05) is 38.0 Å². The van der Waals surface area contributed by atoms with Gasteiger partial charge < -0.3 is 16.2 Å². The van der Waals surface area contributed by atoms with E-state index in [0.717, 1.165) is 22.3 Å². The summed E-state index contributed by atoms with van der Waals surface area (Å²) >= 11 is 0. The maximum Gasteiger partial charge on any atom is 0.261 e. The van der Waals surface area contributed by atoms with Crippen molar-refractivity contribution in [2.45, 2.75) is 18.1 Å². The molecule has 3 aromatic rings. The Morgan fingerprint density at radius 2 is 1.88 bits per heavy atom. The first-order valence-corrected chi connectivity index (χ1v) is 10.7. The van der Waals surface area contributed by atoms with Crippen LogP contribution in [0.15, 0.2) is 76.7 Å². The summed E-state index contributed by atoms with van der Waals surface area (Å²) in [6, 6.07) is 21.5. The topological polar surface area (TPSA) is 106 Å². The highest BCUT2D eigenvalue weighted by atomic mass is 16.5. The number of carbonyl (C=O) groups is 1. The summed E-state index contributed by atoms with van der Waals surface area (Å²) in [5.41, 5.74) is 16.2. The summed E-state index contributed by atoms with van der Waals surface area (Å²) in [4.78, 5) is 23.7. The number of anilines is 1. The molecule has 2 heterocycles. The van der Waals surface area contributed by atoms with Crippen LogP contribution in [-0.4, -0.2) is 37.1 Å². The number of rotatable bonds is 3. The average Bonchev–Trinajstić information content (AvgIpc) is 3.03. The number of fused-ring (bicyclic) bond motifs is 2. The third-order valence-electron chi connectivity index (χ3n) is 6.24. The number of nitrogens with two attached hydrogens (primary N) is 2. The van der Waals surface area contributed by atoms with Crippen LogP contribution in [0.5, 0.6) is 5.75 Å². The first-order valence-electron chi connectivity index (χ1n) is 10.7. The SMILES string of the molecule is CN=Cc1cc(N)cc(-c2ccc3c(c2)C2(CC(c4ccccc4)O3)N=C(N)N(C)C2=O)c1. The van der Waals surface area contributed by atoms with Crippen molar-refractivity contribution in [3.05, 3.63) is 83.4 Å². The van der Waals surface area contributed by atoms with Gasteiger partial charge in [0.2, 0.25) is 0 Å². The van der Waals surface area contributed by atoms with E-state index in [1.165, 1.54) is 4.90 Å². The largest absolute Gasteiger partial charge is 0.485 e. The van der Waals surface area contributed by atoms with Crippen molar-refractivity contribution < 1.29 is 9.53 Å². The molecule has 0 aliphatic carbocycles. The van der Waals surface area contributed by atoms with Crippen LogP contribution in [0.2, 0.25) is 0 Å². The number of guanidine groups is 1. The molecule has 33 heavy (non-hydrogen) atoms. The van der Waals surface area contributed by atoms with E-state index in [1.807, 2.05) is 66.7 Å². The smallest absolute Gasteiger partial charge is 0.261 e. The van der Waals surface area contributed by atoms with Crippen LogP contribution < -0.4 is 16.2 Å². The summed E-state index contributed by atoms with van der Waals surface area (Å²) in [7, 11) is 3.37. The second-order valence-electron chi connectivity index (χ2n) is 8.40. The molecule has 2 aliphatic rings. The minimum Gasteiger partial charge on any atom is -0.485 e. The molecule has 0 aromatic heterocycles. The summed E-state index contributed by atoms with van der Waals surface area (Å²) in [5.74, 6) is 0.669. The zero-order valence-electron chi connectivity index (χ0n) is 18.5. The lowest BCUT2D eigenvalue weighted by atomic mass is 9.79. The van der Waals surface area contributed by atoms with E-state index in [4.69, 9.17) is 21.2 Å². The van der Waals surface area contributed by atoms with Gasteiger partial charge in [-0.1, -0.05) is 36.4 Å². The Morgan fingerprint density at radius 1 is 1.09 bits per heavy atom. The van der Waals surface area contributed by atoms with Crippen molar-refractivity contribution in [2.24, 2.45) is 15.7 Å². The monoisotopic (exact) mass is 439 g/mol. The Hall–Kier alpha value is -4.13. The summed E-state index contributed by atoms with van der Waals surface area (Å²) in [6.07, 6.45) is 1.80. The van der Waals surface area contributed by atoms with E-state index < -0.39 is 5.54 Å². The molecule has 2 aliphatic heterocycles. The second kappa shape index (κ2) is 7.78. The molecular formula is C26H25N5O2. The van der Waals surface area contributed by atoms with Gasteiger partial charge in [-0.15, -0.1) is 0 Å². The van der Waals surface area contributed by atoms with Crippen LogP contribution in [0, 0.1) is 0 Å². The minimum atomic E-state index is -1.14. The average molecular weight is 440 g/mol. The lowest BCUT2D eigenvalue weighted by molar-refractivity contribution is -0.132. The molecule has 1 spiro atoms. The molecule has 0 bridgehead atoms. The van der Waals surface area contributed by atoms with E-state index in [0.29, 0.717) is 23.4 Å². The predicted molar refractivity (Wildman–Crippen MR) is 130 cm³/mol. The Labute approximate surface area is 192 Å². The third kappa shape index (κ3) is 3.42.